The standard InChI is InChI=1S/C15H19N3OS/c1-19-9-7-16-10-13-11-17-15(20-13)18-8-6-12-4-2-3-5-14(12)18/h2-5,11,16H,6-10H2,1H3. The summed E-state index contributed by atoms with van der Waals surface area (Å²) in [5, 5.41) is 4.45. The number of nitrogens with zero attached hydrogens (tertiary/aromatic N) is 2. The van der Waals surface area contributed by atoms with Crippen LogP contribution in [0, 0.1) is 0 Å². The summed E-state index contributed by atoms with van der Waals surface area (Å²) in [6, 6.07) is 8.59. The quantitative estimate of drug-likeness (QED) is 0.829. The van der Waals surface area contributed by atoms with E-state index in [0.717, 1.165) is 37.8 Å². The molecule has 0 fully saturated rings. The maximum Gasteiger partial charge on any atom is 0.190 e. The van der Waals surface area contributed by atoms with Gasteiger partial charge >= 0.3 is 0 Å². The van der Waals surface area contributed by atoms with Gasteiger partial charge in [-0.1, -0.05) is 18.2 Å². The Morgan fingerprint density at radius 3 is 3.20 bits per heavy atom. The van der Waals surface area contributed by atoms with Crippen LogP contribution in [0.1, 0.15) is 10.4 Å². The molecule has 4 nitrogen and oxygen atoms in total. The minimum absolute atomic E-state index is 0.741. The van der Waals surface area contributed by atoms with Crippen molar-refractivity contribution in [2.75, 3.05) is 31.7 Å². The molecule has 0 bridgehead atoms. The molecule has 1 aromatic carbocycles. The van der Waals surface area contributed by atoms with Gasteiger partial charge in [-0.2, -0.15) is 0 Å². The summed E-state index contributed by atoms with van der Waals surface area (Å²) in [6.07, 6.45) is 3.08. The predicted octanol–water partition coefficient (Wildman–Crippen LogP) is 2.57. The smallest absolute Gasteiger partial charge is 0.190 e. The second-order valence-corrected chi connectivity index (χ2v) is 5.90. The largest absolute Gasteiger partial charge is 0.383 e. The van der Waals surface area contributed by atoms with E-state index in [0.29, 0.717) is 0 Å². The molecule has 1 aliphatic heterocycles. The van der Waals surface area contributed by atoms with Crippen molar-refractivity contribution >= 4 is 22.2 Å². The Kier molecular flexibility index (Phi) is 4.30. The Balaban J connectivity index is 1.66. The number of nitrogens with one attached hydrogen (secondary N) is 1. The van der Waals surface area contributed by atoms with E-state index in [1.165, 1.54) is 16.1 Å². The lowest BCUT2D eigenvalue weighted by atomic mass is 10.2. The number of ether oxygens (including phenoxy) is 1. The van der Waals surface area contributed by atoms with Gasteiger partial charge in [0, 0.05) is 43.5 Å². The highest BCUT2D eigenvalue weighted by atomic mass is 32.1. The molecule has 5 heteroatoms. The van der Waals surface area contributed by atoms with Gasteiger partial charge in [0.25, 0.3) is 0 Å². The Bertz CT molecular complexity index is 570. The van der Waals surface area contributed by atoms with Crippen LogP contribution in [0.25, 0.3) is 0 Å². The van der Waals surface area contributed by atoms with Crippen molar-refractivity contribution < 1.29 is 4.74 Å². The number of anilines is 2. The Morgan fingerprint density at radius 1 is 1.40 bits per heavy atom. The maximum atomic E-state index is 5.02. The Morgan fingerprint density at radius 2 is 2.30 bits per heavy atom. The third kappa shape index (κ3) is 2.85. The molecule has 0 spiro atoms. The van der Waals surface area contributed by atoms with Crippen LogP contribution in [0.3, 0.4) is 0 Å². The molecule has 2 heterocycles. The zero-order valence-electron chi connectivity index (χ0n) is 11.6. The minimum atomic E-state index is 0.741. The van der Waals surface area contributed by atoms with E-state index in [1.54, 1.807) is 18.4 Å². The van der Waals surface area contributed by atoms with Gasteiger partial charge in [0.15, 0.2) is 5.13 Å². The van der Waals surface area contributed by atoms with Gasteiger partial charge in [-0.05, 0) is 18.1 Å². The molecule has 0 amide bonds. The monoisotopic (exact) mass is 289 g/mol. The number of para-hydroxylation sites is 1. The molecular formula is C15H19N3OS. The summed E-state index contributed by atoms with van der Waals surface area (Å²) in [5.74, 6) is 0. The normalized spacial score (nSPS) is 13.8. The number of aromatic nitrogens is 1. The minimum Gasteiger partial charge on any atom is -0.383 e. The molecule has 1 aliphatic rings. The molecule has 0 saturated heterocycles. The molecule has 106 valence electrons. The highest BCUT2D eigenvalue weighted by Gasteiger charge is 2.21. The molecule has 20 heavy (non-hydrogen) atoms. The van der Waals surface area contributed by atoms with Gasteiger partial charge in [0.05, 0.1) is 6.61 Å². The number of hydrogen-bond donors (Lipinski definition) is 1. The van der Waals surface area contributed by atoms with Crippen LogP contribution in [-0.2, 0) is 17.7 Å². The SMILES string of the molecule is COCCNCc1cnc(N2CCc3ccccc32)s1. The fourth-order valence-corrected chi connectivity index (χ4v) is 3.35. The molecule has 0 unspecified atom stereocenters. The van der Waals surface area contributed by atoms with Crippen molar-refractivity contribution in [1.82, 2.24) is 10.3 Å². The lowest BCUT2D eigenvalue weighted by Gasteiger charge is -2.15. The molecular weight excluding hydrogens is 270 g/mol. The van der Waals surface area contributed by atoms with Crippen LogP contribution in [-0.4, -0.2) is 31.8 Å². The van der Waals surface area contributed by atoms with Gasteiger partial charge in [0.1, 0.15) is 0 Å². The topological polar surface area (TPSA) is 37.4 Å². The number of hydrogen-bond acceptors (Lipinski definition) is 5. The van der Waals surface area contributed by atoms with Crippen LogP contribution < -0.4 is 10.2 Å². The summed E-state index contributed by atoms with van der Waals surface area (Å²) in [5.41, 5.74) is 2.73. The number of methoxy groups -OCH3 is 1. The van der Waals surface area contributed by atoms with Crippen molar-refractivity contribution in [3.63, 3.8) is 0 Å². The Hall–Kier alpha value is -1.43. The van der Waals surface area contributed by atoms with Gasteiger partial charge < -0.3 is 15.0 Å². The lowest BCUT2D eigenvalue weighted by Crippen LogP contribution is -2.17. The average Bonchev–Trinajstić information content (AvgIpc) is 3.10. The van der Waals surface area contributed by atoms with Gasteiger partial charge in [-0.25, -0.2) is 4.98 Å². The zero-order valence-corrected chi connectivity index (χ0v) is 12.4. The van der Waals surface area contributed by atoms with Gasteiger partial charge in [-0.3, -0.25) is 0 Å². The molecule has 0 saturated carbocycles. The van der Waals surface area contributed by atoms with Crippen LogP contribution in [0.2, 0.25) is 0 Å². The molecule has 1 N–H and O–H groups in total. The third-order valence-electron chi connectivity index (χ3n) is 3.44. The fourth-order valence-electron chi connectivity index (χ4n) is 2.43. The first-order valence-corrected chi connectivity index (χ1v) is 7.70. The van der Waals surface area contributed by atoms with E-state index in [-0.39, 0.29) is 0 Å². The number of fused-ring (bicyclic) bond motifs is 1. The highest BCUT2D eigenvalue weighted by molar-refractivity contribution is 7.15. The average molecular weight is 289 g/mol. The first kappa shape index (κ1) is 13.5. The zero-order chi connectivity index (χ0) is 13.8. The number of rotatable bonds is 6. The number of benzene rings is 1. The van der Waals surface area contributed by atoms with Gasteiger partial charge in [-0.15, -0.1) is 11.3 Å². The Labute approximate surface area is 123 Å². The fraction of sp³-hybridized carbons (Fsp3) is 0.400. The van der Waals surface area contributed by atoms with E-state index >= 15 is 0 Å². The van der Waals surface area contributed by atoms with Crippen LogP contribution in [0.4, 0.5) is 10.8 Å². The van der Waals surface area contributed by atoms with Gasteiger partial charge in [0.2, 0.25) is 0 Å². The summed E-state index contributed by atoms with van der Waals surface area (Å²) in [7, 11) is 1.72. The summed E-state index contributed by atoms with van der Waals surface area (Å²) >= 11 is 1.76. The molecule has 0 atom stereocenters. The first-order valence-electron chi connectivity index (χ1n) is 6.88. The van der Waals surface area contributed by atoms with Crippen molar-refractivity contribution in [3.8, 4) is 0 Å². The summed E-state index contributed by atoms with van der Waals surface area (Å²) < 4.78 is 5.02. The summed E-state index contributed by atoms with van der Waals surface area (Å²) in [4.78, 5) is 8.15. The van der Waals surface area contributed by atoms with Crippen LogP contribution in [0.15, 0.2) is 30.5 Å². The van der Waals surface area contributed by atoms with E-state index in [4.69, 9.17) is 4.74 Å². The van der Waals surface area contributed by atoms with E-state index in [9.17, 15) is 0 Å². The maximum absolute atomic E-state index is 5.02. The lowest BCUT2D eigenvalue weighted by molar-refractivity contribution is 0.199. The second kappa shape index (κ2) is 6.35. The van der Waals surface area contributed by atoms with Crippen molar-refractivity contribution in [1.29, 1.82) is 0 Å². The van der Waals surface area contributed by atoms with Crippen LogP contribution in [0.5, 0.6) is 0 Å². The van der Waals surface area contributed by atoms with Crippen molar-refractivity contribution in [3.05, 3.63) is 40.9 Å². The van der Waals surface area contributed by atoms with Crippen LogP contribution >= 0.6 is 11.3 Å². The molecule has 2 aromatic rings. The van der Waals surface area contributed by atoms with E-state index in [2.05, 4.69) is 39.5 Å². The highest BCUT2D eigenvalue weighted by Crippen LogP contribution is 2.36. The molecule has 0 radical (unpaired) electrons. The van der Waals surface area contributed by atoms with E-state index in [1.807, 2.05) is 6.20 Å². The summed E-state index contributed by atoms with van der Waals surface area (Å²) in [6.45, 7) is 3.50. The van der Waals surface area contributed by atoms with E-state index < -0.39 is 0 Å². The third-order valence-corrected chi connectivity index (χ3v) is 4.46. The molecule has 0 aliphatic carbocycles. The molecule has 3 rings (SSSR count). The molecule has 1 aromatic heterocycles. The second-order valence-electron chi connectivity index (χ2n) is 4.81. The first-order chi connectivity index (χ1) is 9.88. The number of thiazole rings is 1. The van der Waals surface area contributed by atoms with Crippen molar-refractivity contribution in [2.45, 2.75) is 13.0 Å². The van der Waals surface area contributed by atoms with Crippen molar-refractivity contribution in [2.24, 2.45) is 0 Å². The predicted molar refractivity (Wildman–Crippen MR) is 82.8 cm³/mol.